The maximum atomic E-state index is 13.5. The molecular formula is C30H30ClNO6. The van der Waals surface area contributed by atoms with Crippen LogP contribution in [0.1, 0.15) is 43.5 Å². The topological polar surface area (TPSA) is 85.3 Å². The molecule has 3 aromatic carbocycles. The van der Waals surface area contributed by atoms with E-state index in [1.807, 2.05) is 24.3 Å². The van der Waals surface area contributed by atoms with Crippen LogP contribution in [0.5, 0.6) is 17.2 Å². The Kier molecular flexibility index (Phi) is 7.42. The van der Waals surface area contributed by atoms with Gasteiger partial charge in [0.25, 0.3) is 11.7 Å². The summed E-state index contributed by atoms with van der Waals surface area (Å²) in [7, 11) is 4.44. The largest absolute Gasteiger partial charge is 0.507 e. The number of methoxy groups -OCH3 is 3. The van der Waals surface area contributed by atoms with Crippen molar-refractivity contribution in [3.05, 3.63) is 87.9 Å². The summed E-state index contributed by atoms with van der Waals surface area (Å²) in [5, 5.41) is 11.7. The number of hydrogen-bond acceptors (Lipinski definition) is 6. The maximum Gasteiger partial charge on any atom is 0.300 e. The van der Waals surface area contributed by atoms with Gasteiger partial charge in [0.2, 0.25) is 0 Å². The number of carbonyl (C=O) groups is 2. The number of benzene rings is 3. The molecule has 1 aliphatic rings. The van der Waals surface area contributed by atoms with Crippen molar-refractivity contribution in [2.24, 2.45) is 0 Å². The smallest absolute Gasteiger partial charge is 0.300 e. The molecule has 1 unspecified atom stereocenters. The number of carbonyl (C=O) groups excluding carboxylic acids is 2. The van der Waals surface area contributed by atoms with E-state index in [-0.39, 0.29) is 27.3 Å². The van der Waals surface area contributed by atoms with Crippen LogP contribution < -0.4 is 19.1 Å². The van der Waals surface area contributed by atoms with E-state index in [1.165, 1.54) is 31.3 Å². The highest BCUT2D eigenvalue weighted by molar-refractivity contribution is 6.51. The number of amides is 1. The first-order chi connectivity index (χ1) is 18.0. The third-order valence-corrected chi connectivity index (χ3v) is 6.91. The number of ketones is 1. The fraction of sp³-hybridized carbons (Fsp3) is 0.267. The molecule has 4 rings (SSSR count). The molecule has 3 aromatic rings. The number of rotatable bonds is 6. The van der Waals surface area contributed by atoms with Crippen molar-refractivity contribution in [2.45, 2.75) is 32.2 Å². The van der Waals surface area contributed by atoms with Gasteiger partial charge in [-0.1, -0.05) is 56.6 Å². The second-order valence-electron chi connectivity index (χ2n) is 9.93. The van der Waals surface area contributed by atoms with Crippen LogP contribution in [-0.2, 0) is 15.0 Å². The van der Waals surface area contributed by atoms with Crippen LogP contribution in [0.25, 0.3) is 5.76 Å². The zero-order chi connectivity index (χ0) is 27.8. The van der Waals surface area contributed by atoms with Crippen LogP contribution in [-0.4, -0.2) is 38.1 Å². The number of hydrogen-bond donors (Lipinski definition) is 1. The van der Waals surface area contributed by atoms with E-state index < -0.39 is 23.5 Å². The zero-order valence-corrected chi connectivity index (χ0v) is 22.9. The molecule has 198 valence electrons. The minimum absolute atomic E-state index is 0.0837. The van der Waals surface area contributed by atoms with Crippen molar-refractivity contribution in [1.29, 1.82) is 0 Å². The number of aliphatic hydroxyl groups excluding tert-OH is 1. The van der Waals surface area contributed by atoms with E-state index in [4.69, 9.17) is 25.8 Å². The SMILES string of the molecule is COc1ccc(C2/C(=C(\O)c3cc(Cl)c(OC)cc3OC)C(=O)C(=O)N2c2ccc(C(C)(C)C)cc2)cc1. The van der Waals surface area contributed by atoms with Gasteiger partial charge in [-0.3, -0.25) is 14.5 Å². The van der Waals surface area contributed by atoms with Crippen molar-refractivity contribution >= 4 is 34.7 Å². The van der Waals surface area contributed by atoms with Crippen LogP contribution in [0.15, 0.2) is 66.2 Å². The number of ether oxygens (including phenoxy) is 3. The lowest BCUT2D eigenvalue weighted by molar-refractivity contribution is -0.132. The van der Waals surface area contributed by atoms with E-state index in [2.05, 4.69) is 20.8 Å². The summed E-state index contributed by atoms with van der Waals surface area (Å²) >= 11 is 6.35. The first-order valence-corrected chi connectivity index (χ1v) is 12.4. The second-order valence-corrected chi connectivity index (χ2v) is 10.3. The highest BCUT2D eigenvalue weighted by atomic mass is 35.5. The molecule has 38 heavy (non-hydrogen) atoms. The maximum absolute atomic E-state index is 13.5. The molecule has 0 radical (unpaired) electrons. The van der Waals surface area contributed by atoms with Gasteiger partial charge in [0.15, 0.2) is 0 Å². The fourth-order valence-electron chi connectivity index (χ4n) is 4.51. The monoisotopic (exact) mass is 535 g/mol. The Morgan fingerprint density at radius 1 is 0.868 bits per heavy atom. The molecule has 1 amide bonds. The number of nitrogens with zero attached hydrogens (tertiary/aromatic N) is 1. The zero-order valence-electron chi connectivity index (χ0n) is 22.2. The normalized spacial score (nSPS) is 17.0. The molecule has 1 atom stereocenters. The third kappa shape index (κ3) is 4.82. The molecule has 0 saturated carbocycles. The lowest BCUT2D eigenvalue weighted by atomic mass is 9.87. The predicted molar refractivity (Wildman–Crippen MR) is 147 cm³/mol. The summed E-state index contributed by atoms with van der Waals surface area (Å²) in [6.45, 7) is 6.29. The van der Waals surface area contributed by atoms with Crippen molar-refractivity contribution in [3.63, 3.8) is 0 Å². The van der Waals surface area contributed by atoms with E-state index in [0.717, 1.165) is 5.56 Å². The van der Waals surface area contributed by atoms with Gasteiger partial charge in [-0.2, -0.15) is 0 Å². The Balaban J connectivity index is 1.95. The first-order valence-electron chi connectivity index (χ1n) is 12.0. The molecular weight excluding hydrogens is 506 g/mol. The van der Waals surface area contributed by atoms with Gasteiger partial charge in [-0.15, -0.1) is 0 Å². The van der Waals surface area contributed by atoms with E-state index >= 15 is 0 Å². The summed E-state index contributed by atoms with van der Waals surface area (Å²) in [5.41, 5.74) is 2.21. The summed E-state index contributed by atoms with van der Waals surface area (Å²) in [5.74, 6) is -0.793. The molecule has 1 N–H and O–H groups in total. The molecule has 1 saturated heterocycles. The summed E-state index contributed by atoms with van der Waals surface area (Å²) in [6.07, 6.45) is 0. The molecule has 0 aliphatic carbocycles. The predicted octanol–water partition coefficient (Wildman–Crippen LogP) is 6.29. The van der Waals surface area contributed by atoms with Gasteiger partial charge in [-0.05, 0) is 46.9 Å². The Hall–Kier alpha value is -3.97. The van der Waals surface area contributed by atoms with E-state index in [9.17, 15) is 14.7 Å². The average molecular weight is 536 g/mol. The van der Waals surface area contributed by atoms with Crippen molar-refractivity contribution in [3.8, 4) is 17.2 Å². The lowest BCUT2D eigenvalue weighted by Crippen LogP contribution is -2.29. The molecule has 1 heterocycles. The number of anilines is 1. The standard InChI is InChI=1S/C30H30ClNO6/c1-30(2,3)18-9-11-19(12-10-18)32-26(17-7-13-20(36-4)14-8-17)25(28(34)29(32)35)27(33)21-15-22(31)24(38-6)16-23(21)37-5/h7-16,26,33H,1-6H3/b27-25+. The van der Waals surface area contributed by atoms with Gasteiger partial charge in [0, 0.05) is 11.8 Å². The lowest BCUT2D eigenvalue weighted by Gasteiger charge is -2.27. The fourth-order valence-corrected chi connectivity index (χ4v) is 4.75. The molecule has 0 bridgehead atoms. The number of Topliss-reactive ketones (excluding diaryl/α,β-unsaturated/α-hetero) is 1. The third-order valence-electron chi connectivity index (χ3n) is 6.62. The van der Waals surface area contributed by atoms with Gasteiger partial charge in [-0.25, -0.2) is 0 Å². The molecule has 8 heteroatoms. The number of aliphatic hydroxyl groups is 1. The molecule has 7 nitrogen and oxygen atoms in total. The van der Waals surface area contributed by atoms with Gasteiger partial charge < -0.3 is 19.3 Å². The van der Waals surface area contributed by atoms with Crippen LogP contribution in [0.4, 0.5) is 5.69 Å². The van der Waals surface area contributed by atoms with Gasteiger partial charge >= 0.3 is 0 Å². The van der Waals surface area contributed by atoms with Crippen molar-refractivity contribution < 1.29 is 28.9 Å². The van der Waals surface area contributed by atoms with Crippen LogP contribution in [0.2, 0.25) is 5.02 Å². The second kappa shape index (κ2) is 10.4. The highest BCUT2D eigenvalue weighted by Crippen LogP contribution is 2.45. The Morgan fingerprint density at radius 2 is 1.47 bits per heavy atom. The van der Waals surface area contributed by atoms with E-state index in [1.54, 1.807) is 31.4 Å². The summed E-state index contributed by atoms with van der Waals surface area (Å²) in [4.78, 5) is 28.4. The first kappa shape index (κ1) is 27.1. The summed E-state index contributed by atoms with van der Waals surface area (Å²) in [6, 6.07) is 16.6. The van der Waals surface area contributed by atoms with Crippen LogP contribution >= 0.6 is 11.6 Å². The minimum Gasteiger partial charge on any atom is -0.507 e. The summed E-state index contributed by atoms with van der Waals surface area (Å²) < 4.78 is 16.0. The highest BCUT2D eigenvalue weighted by Gasteiger charge is 2.47. The number of halogens is 1. The van der Waals surface area contributed by atoms with Gasteiger partial charge in [0.05, 0.1) is 43.5 Å². The Labute approximate surface area is 227 Å². The minimum atomic E-state index is -0.910. The Bertz CT molecular complexity index is 1400. The Morgan fingerprint density at radius 3 is 2.00 bits per heavy atom. The quantitative estimate of drug-likeness (QED) is 0.227. The average Bonchev–Trinajstić information content (AvgIpc) is 3.17. The van der Waals surface area contributed by atoms with Crippen molar-refractivity contribution in [1.82, 2.24) is 0 Å². The van der Waals surface area contributed by atoms with E-state index in [0.29, 0.717) is 22.7 Å². The molecule has 0 spiro atoms. The van der Waals surface area contributed by atoms with Gasteiger partial charge in [0.1, 0.15) is 23.0 Å². The molecule has 0 aromatic heterocycles. The molecule has 1 fully saturated rings. The van der Waals surface area contributed by atoms with Crippen LogP contribution in [0.3, 0.4) is 0 Å². The van der Waals surface area contributed by atoms with Crippen LogP contribution in [0, 0.1) is 0 Å². The van der Waals surface area contributed by atoms with Crippen molar-refractivity contribution in [2.75, 3.05) is 26.2 Å². The molecule has 1 aliphatic heterocycles.